The molecule has 0 radical (unpaired) electrons. The first-order valence-corrected chi connectivity index (χ1v) is 13.3. The largest absolute Gasteiger partial charge is 0.450 e. The predicted molar refractivity (Wildman–Crippen MR) is 150 cm³/mol. The van der Waals surface area contributed by atoms with Gasteiger partial charge in [0.05, 0.1) is 28.6 Å². The number of nitrogens with zero attached hydrogens (tertiary/aromatic N) is 2. The molecule has 2 unspecified atom stereocenters. The highest BCUT2D eigenvalue weighted by molar-refractivity contribution is 6.30. The number of halogens is 3. The fourth-order valence-electron chi connectivity index (χ4n) is 4.92. The smallest absolute Gasteiger partial charge is 0.252 e. The number of amides is 2. The summed E-state index contributed by atoms with van der Waals surface area (Å²) in [6.07, 6.45) is 2.49. The van der Waals surface area contributed by atoms with Gasteiger partial charge < -0.3 is 20.4 Å². The Morgan fingerprint density at radius 3 is 2.49 bits per heavy atom. The van der Waals surface area contributed by atoms with Crippen molar-refractivity contribution in [3.8, 4) is 11.8 Å². The first-order chi connectivity index (χ1) is 19.2. The standard InChI is InChI=1S/C30H31ClF2N4O4/c1-16-10-20(13-24(33)27(16)41-21(14-38)11-17(2)35)28(39)36-18(3)29(40)37-25(8-9-26(37)30(4,5)15-34)19-6-7-23(32)22(31)12-19/h6-7,10-14,18,25-26,35H,8-9H2,1-5H3,(H,36,39)/b21-11+,35-17?/t18-,25?,26?/m1/s1. The maximum atomic E-state index is 14.9. The SMILES string of the molecule is CC(=N)/C=C(\C=O)Oc1c(C)cc(C(=O)N[C@H](C)C(=O)N2C(c3ccc(F)c(Cl)c3)CCC2C(C)(C)C#N)cc1F. The molecule has 1 aliphatic heterocycles. The van der Waals surface area contributed by atoms with Gasteiger partial charge in [0.2, 0.25) is 5.91 Å². The molecular formula is C30H31ClF2N4O4. The van der Waals surface area contributed by atoms with Crippen LogP contribution >= 0.6 is 11.6 Å². The van der Waals surface area contributed by atoms with Gasteiger partial charge >= 0.3 is 0 Å². The number of rotatable bonds is 9. The summed E-state index contributed by atoms with van der Waals surface area (Å²) >= 11 is 6.01. The van der Waals surface area contributed by atoms with E-state index in [0.29, 0.717) is 24.7 Å². The molecule has 0 saturated carbocycles. The monoisotopic (exact) mass is 584 g/mol. The molecule has 3 rings (SSSR count). The third-order valence-electron chi connectivity index (χ3n) is 6.99. The average Bonchev–Trinajstić information content (AvgIpc) is 3.36. The number of aryl methyl sites for hydroxylation is 1. The van der Waals surface area contributed by atoms with Crippen LogP contribution < -0.4 is 10.1 Å². The summed E-state index contributed by atoms with van der Waals surface area (Å²) < 4.78 is 34.1. The van der Waals surface area contributed by atoms with E-state index in [2.05, 4.69) is 11.4 Å². The minimum atomic E-state index is -1.06. The quantitative estimate of drug-likeness (QED) is 0.166. The Morgan fingerprint density at radius 1 is 1.24 bits per heavy atom. The number of nitrogens with one attached hydrogen (secondary N) is 2. The summed E-state index contributed by atoms with van der Waals surface area (Å²) in [6, 6.07) is 6.70. The number of carbonyl (C=O) groups is 3. The van der Waals surface area contributed by atoms with Crippen molar-refractivity contribution in [2.45, 2.75) is 65.6 Å². The summed E-state index contributed by atoms with van der Waals surface area (Å²) in [6.45, 7) is 7.86. The van der Waals surface area contributed by atoms with Crippen molar-refractivity contribution in [1.29, 1.82) is 10.7 Å². The van der Waals surface area contributed by atoms with Crippen molar-refractivity contribution < 1.29 is 27.9 Å². The lowest BCUT2D eigenvalue weighted by atomic mass is 9.84. The first-order valence-electron chi connectivity index (χ1n) is 12.9. The second-order valence-corrected chi connectivity index (χ2v) is 11.0. The molecule has 0 spiro atoms. The van der Waals surface area contributed by atoms with Gasteiger partial charge in [0, 0.05) is 17.4 Å². The van der Waals surface area contributed by atoms with Crippen LogP contribution in [-0.2, 0) is 9.59 Å². The molecule has 2 N–H and O–H groups in total. The summed E-state index contributed by atoms with van der Waals surface area (Å²) in [5, 5.41) is 19.8. The van der Waals surface area contributed by atoms with Crippen molar-refractivity contribution in [2.75, 3.05) is 0 Å². The zero-order chi connectivity index (χ0) is 30.6. The Morgan fingerprint density at radius 2 is 1.93 bits per heavy atom. The van der Waals surface area contributed by atoms with E-state index >= 15 is 0 Å². The van der Waals surface area contributed by atoms with Crippen LogP contribution in [0.2, 0.25) is 5.02 Å². The van der Waals surface area contributed by atoms with E-state index in [1.165, 1.54) is 39.0 Å². The molecule has 8 nitrogen and oxygen atoms in total. The molecule has 41 heavy (non-hydrogen) atoms. The Balaban J connectivity index is 1.87. The molecule has 0 bridgehead atoms. The number of carbonyl (C=O) groups excluding carboxylic acids is 3. The van der Waals surface area contributed by atoms with Crippen LogP contribution in [0, 0.1) is 40.7 Å². The molecule has 11 heteroatoms. The van der Waals surface area contributed by atoms with E-state index in [1.807, 2.05) is 0 Å². The molecule has 1 fully saturated rings. The van der Waals surface area contributed by atoms with Gasteiger partial charge in [-0.2, -0.15) is 5.26 Å². The first kappa shape index (κ1) is 31.4. The van der Waals surface area contributed by atoms with Crippen molar-refractivity contribution in [3.05, 3.63) is 75.5 Å². The molecule has 216 valence electrons. The molecule has 1 aliphatic rings. The van der Waals surface area contributed by atoms with E-state index in [1.54, 1.807) is 24.8 Å². The predicted octanol–water partition coefficient (Wildman–Crippen LogP) is 5.83. The lowest BCUT2D eigenvalue weighted by molar-refractivity contribution is -0.137. The van der Waals surface area contributed by atoms with Crippen molar-refractivity contribution in [2.24, 2.45) is 5.41 Å². The summed E-state index contributed by atoms with van der Waals surface area (Å²) in [7, 11) is 0. The Bertz CT molecular complexity index is 1440. The summed E-state index contributed by atoms with van der Waals surface area (Å²) in [5.41, 5.74) is -0.144. The Labute approximate surface area is 242 Å². The highest BCUT2D eigenvalue weighted by Crippen LogP contribution is 2.44. The van der Waals surface area contributed by atoms with Crippen molar-refractivity contribution >= 4 is 35.4 Å². The van der Waals surface area contributed by atoms with E-state index in [-0.39, 0.29) is 33.4 Å². The van der Waals surface area contributed by atoms with Gasteiger partial charge in [-0.3, -0.25) is 14.4 Å². The fourth-order valence-corrected chi connectivity index (χ4v) is 5.11. The molecular weight excluding hydrogens is 554 g/mol. The van der Waals surface area contributed by atoms with Crippen LogP contribution in [0.5, 0.6) is 5.75 Å². The summed E-state index contributed by atoms with van der Waals surface area (Å²) in [5.74, 6) is -3.23. The summed E-state index contributed by atoms with van der Waals surface area (Å²) in [4.78, 5) is 39.7. The van der Waals surface area contributed by atoms with E-state index < -0.39 is 47.0 Å². The van der Waals surface area contributed by atoms with Crippen LogP contribution in [0.1, 0.15) is 68.1 Å². The van der Waals surface area contributed by atoms with Crippen LogP contribution in [0.4, 0.5) is 8.78 Å². The maximum Gasteiger partial charge on any atom is 0.252 e. The molecule has 2 aromatic carbocycles. The molecule has 1 saturated heterocycles. The second kappa shape index (κ2) is 12.6. The Hall–Kier alpha value is -4.10. The molecule has 0 aromatic heterocycles. The van der Waals surface area contributed by atoms with Crippen LogP contribution in [-0.4, -0.2) is 40.8 Å². The lowest BCUT2D eigenvalue weighted by Gasteiger charge is -2.38. The normalized spacial score (nSPS) is 17.9. The average molecular weight is 585 g/mol. The zero-order valence-corrected chi connectivity index (χ0v) is 24.1. The molecule has 2 aromatic rings. The van der Waals surface area contributed by atoms with Gasteiger partial charge in [0.15, 0.2) is 23.6 Å². The molecule has 2 amide bonds. The van der Waals surface area contributed by atoms with Gasteiger partial charge in [-0.25, -0.2) is 8.78 Å². The minimum absolute atomic E-state index is 0.0305. The van der Waals surface area contributed by atoms with E-state index in [4.69, 9.17) is 21.7 Å². The van der Waals surface area contributed by atoms with Gasteiger partial charge in [-0.15, -0.1) is 0 Å². The lowest BCUT2D eigenvalue weighted by Crippen LogP contribution is -2.52. The number of aldehydes is 1. The van der Waals surface area contributed by atoms with Crippen LogP contribution in [0.3, 0.4) is 0 Å². The number of likely N-dealkylation sites (tertiary alicyclic amines) is 1. The Kier molecular flexibility index (Phi) is 9.66. The van der Waals surface area contributed by atoms with Crippen molar-refractivity contribution in [3.63, 3.8) is 0 Å². The third kappa shape index (κ3) is 6.98. The molecule has 3 atom stereocenters. The molecule has 1 heterocycles. The molecule has 0 aliphatic carbocycles. The number of ether oxygens (including phenoxy) is 1. The highest BCUT2D eigenvalue weighted by Gasteiger charge is 2.46. The van der Waals surface area contributed by atoms with Crippen molar-refractivity contribution in [1.82, 2.24) is 10.2 Å². The van der Waals surface area contributed by atoms with Gasteiger partial charge in [0.1, 0.15) is 11.9 Å². The maximum absolute atomic E-state index is 14.9. The van der Waals surface area contributed by atoms with E-state index in [0.717, 1.165) is 12.1 Å². The van der Waals surface area contributed by atoms with Crippen LogP contribution in [0.25, 0.3) is 0 Å². The van der Waals surface area contributed by atoms with Gasteiger partial charge in [-0.1, -0.05) is 17.7 Å². The third-order valence-corrected chi connectivity index (χ3v) is 7.28. The van der Waals surface area contributed by atoms with Crippen LogP contribution in [0.15, 0.2) is 42.2 Å². The number of hydrogen-bond acceptors (Lipinski definition) is 6. The second-order valence-electron chi connectivity index (χ2n) is 10.6. The zero-order valence-electron chi connectivity index (χ0n) is 23.3. The van der Waals surface area contributed by atoms with Gasteiger partial charge in [-0.05, 0) is 82.9 Å². The number of benzene rings is 2. The van der Waals surface area contributed by atoms with Gasteiger partial charge in [0.25, 0.3) is 5.91 Å². The van der Waals surface area contributed by atoms with E-state index in [9.17, 15) is 28.4 Å². The minimum Gasteiger partial charge on any atom is -0.450 e. The number of hydrogen-bond donors (Lipinski definition) is 2. The number of allylic oxidation sites excluding steroid dienone is 2. The number of nitriles is 1. The highest BCUT2D eigenvalue weighted by atomic mass is 35.5. The topological polar surface area (TPSA) is 123 Å². The fraction of sp³-hybridized carbons (Fsp3) is 0.367.